The number of anilines is 1. The summed E-state index contributed by atoms with van der Waals surface area (Å²) in [5.41, 5.74) is 0.594. The number of rotatable bonds is 7. The van der Waals surface area contributed by atoms with Crippen LogP contribution >= 0.6 is 0 Å². The summed E-state index contributed by atoms with van der Waals surface area (Å²) in [5, 5.41) is 11.9. The molecule has 1 unspecified atom stereocenters. The van der Waals surface area contributed by atoms with E-state index < -0.39 is 17.2 Å². The summed E-state index contributed by atoms with van der Waals surface area (Å²) in [7, 11) is 0. The lowest BCUT2D eigenvalue weighted by molar-refractivity contribution is -0.135. The second kappa shape index (κ2) is 6.51. The van der Waals surface area contributed by atoms with Crippen molar-refractivity contribution >= 4 is 34.1 Å². The second-order valence-electron chi connectivity index (χ2n) is 4.01. The van der Waals surface area contributed by atoms with Crippen molar-refractivity contribution in [2.75, 3.05) is 23.9 Å². The molecule has 0 aliphatic carbocycles. The molecule has 0 saturated carbocycles. The van der Waals surface area contributed by atoms with Gasteiger partial charge in [-0.05, 0) is 6.07 Å². The first kappa shape index (κ1) is 14.5. The van der Waals surface area contributed by atoms with Crippen LogP contribution in [0.2, 0.25) is 0 Å². The lowest BCUT2D eigenvalue weighted by Crippen LogP contribution is -2.35. The first-order valence-electron chi connectivity index (χ1n) is 5.86. The minimum absolute atomic E-state index is 0.0865. The Hall–Kier alpha value is -1.90. The maximum Gasteiger partial charge on any atom is 0.317 e. The fourth-order valence-electron chi connectivity index (χ4n) is 1.72. The van der Waals surface area contributed by atoms with Crippen molar-refractivity contribution in [3.05, 3.63) is 30.3 Å². The van der Waals surface area contributed by atoms with Crippen molar-refractivity contribution in [2.45, 2.75) is 0 Å². The Bertz CT molecular complexity index is 594. The van der Waals surface area contributed by atoms with Gasteiger partial charge in [-0.3, -0.25) is 13.3 Å². The molecule has 8 heteroatoms. The van der Waals surface area contributed by atoms with Crippen LogP contribution in [-0.2, 0) is 16.1 Å². The third-order valence-electron chi connectivity index (χ3n) is 2.61. The number of benzene rings is 1. The van der Waals surface area contributed by atoms with Crippen LogP contribution in [0.3, 0.4) is 0 Å². The van der Waals surface area contributed by atoms with Crippen molar-refractivity contribution < 1.29 is 23.1 Å². The smallest absolute Gasteiger partial charge is 0.317 e. The minimum Gasteiger partial charge on any atom is -0.755 e. The molecular formula is C12H13N2O5S-. The van der Waals surface area contributed by atoms with Crippen molar-refractivity contribution in [3.8, 4) is 0 Å². The number of hydrogen-bond donors (Lipinski definition) is 2. The van der Waals surface area contributed by atoms with Crippen LogP contribution in [-0.4, -0.2) is 39.5 Å². The van der Waals surface area contributed by atoms with E-state index in [-0.39, 0.29) is 25.5 Å². The molecule has 0 aliphatic heterocycles. The first-order valence-corrected chi connectivity index (χ1v) is 6.89. The third-order valence-corrected chi connectivity index (χ3v) is 3.33. The van der Waals surface area contributed by atoms with Crippen LogP contribution in [0.15, 0.2) is 34.7 Å². The number of aliphatic carboxylic acids is 1. The lowest BCUT2D eigenvalue weighted by atomic mass is 10.3. The van der Waals surface area contributed by atoms with E-state index in [2.05, 4.69) is 5.32 Å². The summed E-state index contributed by atoms with van der Waals surface area (Å²) in [5.74, 6) is -0.791. The van der Waals surface area contributed by atoms with Crippen LogP contribution in [0.5, 0.6) is 0 Å². The highest BCUT2D eigenvalue weighted by Crippen LogP contribution is 2.26. The number of hydrogen-bond acceptors (Lipinski definition) is 5. The lowest BCUT2D eigenvalue weighted by Gasteiger charge is -2.23. The molecule has 2 N–H and O–H groups in total. The molecule has 1 atom stereocenters. The quantitative estimate of drug-likeness (QED) is 0.576. The summed E-state index contributed by atoms with van der Waals surface area (Å²) in [6.45, 7) is 0.0694. The molecule has 20 heavy (non-hydrogen) atoms. The molecule has 1 aromatic carbocycles. The zero-order valence-electron chi connectivity index (χ0n) is 10.4. The van der Waals surface area contributed by atoms with Gasteiger partial charge in [0.15, 0.2) is 0 Å². The van der Waals surface area contributed by atoms with Crippen molar-refractivity contribution in [2.24, 2.45) is 0 Å². The summed E-state index contributed by atoms with van der Waals surface area (Å²) in [6.07, 6.45) is 0. The van der Waals surface area contributed by atoms with Crippen molar-refractivity contribution in [1.29, 1.82) is 0 Å². The van der Waals surface area contributed by atoms with Gasteiger partial charge in [-0.2, -0.15) is 0 Å². The molecular weight excluding hydrogens is 284 g/mol. The average molecular weight is 297 g/mol. The molecule has 2 aromatic rings. The monoisotopic (exact) mass is 297 g/mol. The predicted octanol–water partition coefficient (Wildman–Crippen LogP) is 0.707. The SMILES string of the molecule is O=C(O)CNCCN(c1cc2ccccc2o1)S(=O)[O-]. The van der Waals surface area contributed by atoms with Gasteiger partial charge in [0.05, 0.1) is 6.54 Å². The van der Waals surface area contributed by atoms with E-state index in [1.807, 2.05) is 12.1 Å². The summed E-state index contributed by atoms with van der Waals surface area (Å²) in [4.78, 5) is 10.3. The minimum atomic E-state index is -2.49. The number of nitrogens with zero attached hydrogens (tertiary/aromatic N) is 1. The average Bonchev–Trinajstić information content (AvgIpc) is 2.80. The van der Waals surface area contributed by atoms with Crippen LogP contribution in [0, 0.1) is 0 Å². The van der Waals surface area contributed by atoms with Gasteiger partial charge >= 0.3 is 5.97 Å². The number of fused-ring (bicyclic) bond motifs is 1. The van der Waals surface area contributed by atoms with E-state index in [4.69, 9.17) is 9.52 Å². The number of para-hydroxylation sites is 1. The Balaban J connectivity index is 2.08. The molecule has 0 saturated heterocycles. The highest BCUT2D eigenvalue weighted by Gasteiger charge is 2.12. The summed E-state index contributed by atoms with van der Waals surface area (Å²) >= 11 is -2.49. The standard InChI is InChI=1S/C12H14N2O5S/c15-12(16)8-13-5-6-14(20(17)18)11-7-9-3-1-2-4-10(9)19-11/h1-4,7,13H,5-6,8H2,(H,15,16)(H,17,18)/p-1. The molecule has 108 valence electrons. The van der Waals surface area contributed by atoms with Gasteiger partial charge in [0, 0.05) is 35.8 Å². The number of carbonyl (C=O) groups is 1. The first-order chi connectivity index (χ1) is 9.58. The Labute approximate surface area is 117 Å². The number of carboxylic acid groups (broad SMARTS) is 1. The zero-order chi connectivity index (χ0) is 14.5. The topological polar surface area (TPSA) is 106 Å². The van der Waals surface area contributed by atoms with Crippen molar-refractivity contribution in [1.82, 2.24) is 5.32 Å². The summed E-state index contributed by atoms with van der Waals surface area (Å²) in [6, 6.07) is 8.81. The van der Waals surface area contributed by atoms with Crippen molar-refractivity contribution in [3.63, 3.8) is 0 Å². The van der Waals surface area contributed by atoms with Crippen LogP contribution in [0.4, 0.5) is 5.88 Å². The van der Waals surface area contributed by atoms with E-state index in [1.165, 1.54) is 0 Å². The normalized spacial score (nSPS) is 12.4. The molecule has 0 aliphatic rings. The molecule has 1 heterocycles. The van der Waals surface area contributed by atoms with Crippen LogP contribution in [0.1, 0.15) is 0 Å². The van der Waals surface area contributed by atoms with E-state index in [1.54, 1.807) is 18.2 Å². The van der Waals surface area contributed by atoms with Gasteiger partial charge < -0.3 is 19.4 Å². The Kier molecular flexibility index (Phi) is 4.72. The van der Waals surface area contributed by atoms with Gasteiger partial charge in [0.25, 0.3) is 0 Å². The maximum absolute atomic E-state index is 11.2. The molecule has 0 spiro atoms. The molecule has 0 fully saturated rings. The van der Waals surface area contributed by atoms with Gasteiger partial charge in [-0.15, -0.1) is 0 Å². The van der Waals surface area contributed by atoms with E-state index in [0.717, 1.165) is 9.69 Å². The number of furan rings is 1. The van der Waals surface area contributed by atoms with E-state index in [9.17, 15) is 13.6 Å². The van der Waals surface area contributed by atoms with Gasteiger partial charge in [-0.25, -0.2) is 0 Å². The van der Waals surface area contributed by atoms with Gasteiger partial charge in [0.1, 0.15) is 5.58 Å². The highest BCUT2D eigenvalue weighted by atomic mass is 32.2. The van der Waals surface area contributed by atoms with E-state index in [0.29, 0.717) is 5.58 Å². The third kappa shape index (κ3) is 3.56. The fraction of sp³-hybridized carbons (Fsp3) is 0.250. The highest BCUT2D eigenvalue weighted by molar-refractivity contribution is 7.80. The number of carboxylic acids is 1. The zero-order valence-corrected chi connectivity index (χ0v) is 11.3. The van der Waals surface area contributed by atoms with Gasteiger partial charge in [-0.1, -0.05) is 18.2 Å². The Morgan fingerprint density at radius 1 is 1.45 bits per heavy atom. The van der Waals surface area contributed by atoms with Crippen LogP contribution < -0.4 is 9.62 Å². The molecule has 2 rings (SSSR count). The largest absolute Gasteiger partial charge is 0.755 e. The predicted molar refractivity (Wildman–Crippen MR) is 73.0 cm³/mol. The molecule has 0 radical (unpaired) electrons. The maximum atomic E-state index is 11.2. The molecule has 1 aromatic heterocycles. The number of nitrogens with one attached hydrogen (secondary N) is 1. The molecule has 0 bridgehead atoms. The Morgan fingerprint density at radius 3 is 2.85 bits per heavy atom. The molecule has 0 amide bonds. The van der Waals surface area contributed by atoms with Gasteiger partial charge in [0.2, 0.25) is 5.88 Å². The second-order valence-corrected chi connectivity index (χ2v) is 4.89. The fourth-order valence-corrected chi connectivity index (χ4v) is 2.20. The molecule has 7 nitrogen and oxygen atoms in total. The Morgan fingerprint density at radius 2 is 2.20 bits per heavy atom. The van der Waals surface area contributed by atoms with Crippen LogP contribution in [0.25, 0.3) is 11.0 Å². The summed E-state index contributed by atoms with van der Waals surface area (Å²) < 4.78 is 28.9. The van der Waals surface area contributed by atoms with E-state index >= 15 is 0 Å².